The van der Waals surface area contributed by atoms with E-state index in [0.29, 0.717) is 11.4 Å². The fourth-order valence-corrected chi connectivity index (χ4v) is 9.30. The van der Waals surface area contributed by atoms with Crippen LogP contribution in [0.4, 0.5) is 0 Å². The zero-order valence-electron chi connectivity index (χ0n) is 29.4. The smallest absolute Gasteiger partial charge is 0.197 e. The van der Waals surface area contributed by atoms with Crippen LogP contribution in [-0.2, 0) is 0 Å². The van der Waals surface area contributed by atoms with Crippen LogP contribution < -0.4 is 0 Å². The van der Waals surface area contributed by atoms with Gasteiger partial charge in [0.15, 0.2) is 17.2 Å². The predicted molar refractivity (Wildman–Crippen MR) is 227 cm³/mol. The summed E-state index contributed by atoms with van der Waals surface area (Å²) in [5, 5.41) is 10.8. The van der Waals surface area contributed by atoms with E-state index in [-0.39, 0.29) is 0 Å². The monoisotopic (exact) mass is 700 g/mol. The molecule has 0 N–H and O–H groups in total. The minimum atomic E-state index is 0.651. The zero-order chi connectivity index (χ0) is 35.8. The molecular weight excluding hydrogens is 673 g/mol. The first-order chi connectivity index (χ1) is 27.3. The van der Waals surface area contributed by atoms with Gasteiger partial charge in [-0.15, -0.1) is 0 Å². The normalized spacial score (nSPS) is 12.4. The lowest BCUT2D eigenvalue weighted by Gasteiger charge is -2.11. The number of aromatic nitrogens is 4. The first-order valence-electron chi connectivity index (χ1n) is 18.7. The number of furan rings is 1. The van der Waals surface area contributed by atoms with Crippen LogP contribution in [0.15, 0.2) is 174 Å². The molecule has 254 valence electrons. The quantitative estimate of drug-likeness (QED) is 0.184. The topological polar surface area (TPSA) is 48.3 Å². The Bertz CT molecular complexity index is 3700. The lowest BCUT2D eigenvalue weighted by atomic mass is 9.98. The number of hydrogen-bond acceptors (Lipinski definition) is 3. The molecule has 0 saturated heterocycles. The SMILES string of the molecule is c1ccc(-c2ccc(-c3nc(-n4c5ccccc5c5c6c7c8ccccc8ccc7n7c8ccccc8c(cc54)c67)c4oc5ccccc5c4n3)cc2)cc1. The summed E-state index contributed by atoms with van der Waals surface area (Å²) in [6.45, 7) is 0. The molecule has 13 aromatic rings. The summed E-state index contributed by atoms with van der Waals surface area (Å²) in [4.78, 5) is 10.7. The van der Waals surface area contributed by atoms with Crippen LogP contribution in [-0.4, -0.2) is 18.9 Å². The third kappa shape index (κ3) is 3.81. The van der Waals surface area contributed by atoms with E-state index < -0.39 is 0 Å². The summed E-state index contributed by atoms with van der Waals surface area (Å²) in [6.07, 6.45) is 0. The summed E-state index contributed by atoms with van der Waals surface area (Å²) in [6, 6.07) is 60.4. The minimum absolute atomic E-state index is 0.651. The lowest BCUT2D eigenvalue weighted by molar-refractivity contribution is 0.662. The average molecular weight is 701 g/mol. The van der Waals surface area contributed by atoms with Crippen molar-refractivity contribution in [1.82, 2.24) is 18.9 Å². The van der Waals surface area contributed by atoms with E-state index in [4.69, 9.17) is 14.4 Å². The maximum atomic E-state index is 6.75. The summed E-state index contributed by atoms with van der Waals surface area (Å²) < 4.78 is 11.5. The number of fused-ring (bicyclic) bond motifs is 15. The van der Waals surface area contributed by atoms with E-state index in [1.165, 1.54) is 65.2 Å². The van der Waals surface area contributed by atoms with E-state index in [1.54, 1.807) is 0 Å². The van der Waals surface area contributed by atoms with Crippen molar-refractivity contribution in [3.8, 4) is 28.3 Å². The van der Waals surface area contributed by atoms with E-state index >= 15 is 0 Å². The molecular formula is C50H28N4O. The first-order valence-corrected chi connectivity index (χ1v) is 18.7. The summed E-state index contributed by atoms with van der Waals surface area (Å²) >= 11 is 0. The van der Waals surface area contributed by atoms with Crippen LogP contribution in [0.1, 0.15) is 0 Å². The van der Waals surface area contributed by atoms with Crippen molar-refractivity contribution in [3.63, 3.8) is 0 Å². The second-order valence-corrected chi connectivity index (χ2v) is 14.5. The highest BCUT2D eigenvalue weighted by Gasteiger charge is 2.27. The van der Waals surface area contributed by atoms with E-state index in [1.807, 2.05) is 24.3 Å². The van der Waals surface area contributed by atoms with E-state index in [0.717, 1.165) is 44.5 Å². The number of benzene rings is 8. The average Bonchev–Trinajstić information content (AvgIpc) is 3.99. The maximum Gasteiger partial charge on any atom is 0.197 e. The Morgan fingerprint density at radius 2 is 1.07 bits per heavy atom. The lowest BCUT2D eigenvalue weighted by Crippen LogP contribution is -2.01. The van der Waals surface area contributed by atoms with E-state index in [9.17, 15) is 0 Å². The van der Waals surface area contributed by atoms with Crippen LogP contribution in [0.3, 0.4) is 0 Å². The molecule has 0 unspecified atom stereocenters. The second-order valence-electron chi connectivity index (χ2n) is 14.5. The number of rotatable bonds is 3. The van der Waals surface area contributed by atoms with Gasteiger partial charge in [-0.25, -0.2) is 9.97 Å². The van der Waals surface area contributed by atoms with Crippen molar-refractivity contribution >= 4 is 92.7 Å². The van der Waals surface area contributed by atoms with Crippen molar-refractivity contribution in [2.75, 3.05) is 0 Å². The van der Waals surface area contributed by atoms with Gasteiger partial charge >= 0.3 is 0 Å². The number of nitrogens with zero attached hydrogens (tertiary/aromatic N) is 4. The molecule has 0 atom stereocenters. The van der Waals surface area contributed by atoms with Crippen molar-refractivity contribution in [2.45, 2.75) is 0 Å². The molecule has 0 fully saturated rings. The van der Waals surface area contributed by atoms with Crippen LogP contribution in [0.5, 0.6) is 0 Å². The predicted octanol–water partition coefficient (Wildman–Crippen LogP) is 13.1. The molecule has 55 heavy (non-hydrogen) atoms. The molecule has 0 saturated carbocycles. The van der Waals surface area contributed by atoms with Gasteiger partial charge in [0.05, 0.1) is 27.6 Å². The molecule has 0 radical (unpaired) electrons. The third-order valence-electron chi connectivity index (χ3n) is 11.7. The highest BCUT2D eigenvalue weighted by molar-refractivity contribution is 6.39. The summed E-state index contributed by atoms with van der Waals surface area (Å²) in [5.41, 5.74) is 11.3. The molecule has 5 heteroatoms. The zero-order valence-corrected chi connectivity index (χ0v) is 29.4. The van der Waals surface area contributed by atoms with Gasteiger partial charge in [0.25, 0.3) is 0 Å². The van der Waals surface area contributed by atoms with Crippen LogP contribution in [0.2, 0.25) is 0 Å². The van der Waals surface area contributed by atoms with Gasteiger partial charge < -0.3 is 8.82 Å². The van der Waals surface area contributed by atoms with Gasteiger partial charge in [-0.3, -0.25) is 4.57 Å². The molecule has 13 rings (SSSR count). The van der Waals surface area contributed by atoms with Crippen LogP contribution in [0.25, 0.3) is 121 Å². The maximum absolute atomic E-state index is 6.75. The summed E-state index contributed by atoms with van der Waals surface area (Å²) in [7, 11) is 0. The van der Waals surface area contributed by atoms with Crippen molar-refractivity contribution in [2.24, 2.45) is 0 Å². The van der Waals surface area contributed by atoms with Crippen molar-refractivity contribution < 1.29 is 4.42 Å². The Balaban J connectivity index is 1.21. The van der Waals surface area contributed by atoms with Gasteiger partial charge in [-0.1, -0.05) is 133 Å². The van der Waals surface area contributed by atoms with Gasteiger partial charge in [-0.05, 0) is 58.3 Å². The minimum Gasteiger partial charge on any atom is -0.450 e. The van der Waals surface area contributed by atoms with E-state index in [2.05, 4.69) is 155 Å². The number of hydrogen-bond donors (Lipinski definition) is 0. The molecule has 0 bridgehead atoms. The third-order valence-corrected chi connectivity index (χ3v) is 11.7. The Kier molecular flexibility index (Phi) is 5.57. The second kappa shape index (κ2) is 10.6. The molecule has 5 heterocycles. The molecule has 0 aliphatic heterocycles. The highest BCUT2D eigenvalue weighted by atomic mass is 16.3. The Labute approximate surface area is 313 Å². The molecule has 8 aromatic carbocycles. The van der Waals surface area contributed by atoms with Gasteiger partial charge in [0, 0.05) is 43.3 Å². The number of para-hydroxylation sites is 3. The highest BCUT2D eigenvalue weighted by Crippen LogP contribution is 2.48. The fourth-order valence-electron chi connectivity index (χ4n) is 9.30. The van der Waals surface area contributed by atoms with Crippen molar-refractivity contribution in [1.29, 1.82) is 0 Å². The van der Waals surface area contributed by atoms with Crippen molar-refractivity contribution in [3.05, 3.63) is 170 Å². The molecule has 5 aromatic heterocycles. The van der Waals surface area contributed by atoms with Crippen LogP contribution >= 0.6 is 0 Å². The molecule has 0 amide bonds. The van der Waals surface area contributed by atoms with Gasteiger partial charge in [0.2, 0.25) is 0 Å². The largest absolute Gasteiger partial charge is 0.450 e. The Hall–Kier alpha value is -7.50. The molecule has 5 nitrogen and oxygen atoms in total. The molecule has 0 aliphatic rings. The molecule has 0 spiro atoms. The van der Waals surface area contributed by atoms with Crippen LogP contribution in [0, 0.1) is 0 Å². The van der Waals surface area contributed by atoms with Gasteiger partial charge in [0.1, 0.15) is 11.1 Å². The Morgan fingerprint density at radius 3 is 1.93 bits per heavy atom. The summed E-state index contributed by atoms with van der Waals surface area (Å²) in [5.74, 6) is 1.37. The first kappa shape index (κ1) is 29.0. The standard InChI is InChI=1S/C50H28N4O/c1-2-12-29(13-3-1)30-22-24-32(25-23-30)49-51-46-36-18-8-11-21-42(36)55-48(46)50(52-49)54-39-20-10-7-17-35(39)44-41(54)28-37-34-16-6-9-19-38(34)53-40-27-26-31-14-4-5-15-33(31)43(40)45(44)47(37)53/h1-28H. The fraction of sp³-hybridized carbons (Fsp3) is 0. The molecule has 0 aliphatic carbocycles. The van der Waals surface area contributed by atoms with Gasteiger partial charge in [-0.2, -0.15) is 0 Å². The Morgan fingerprint density at radius 1 is 0.418 bits per heavy atom.